The van der Waals surface area contributed by atoms with Gasteiger partial charge in [-0.15, -0.1) is 0 Å². The normalized spacial score (nSPS) is 12.3. The van der Waals surface area contributed by atoms with Crippen LogP contribution in [-0.2, 0) is 0 Å². The van der Waals surface area contributed by atoms with E-state index in [9.17, 15) is 4.79 Å². The van der Waals surface area contributed by atoms with Gasteiger partial charge in [0.15, 0.2) is 0 Å². The molecule has 5 nitrogen and oxygen atoms in total. The SMILES string of the molecule is Cc1cnc2c[nH]cc2c1NC(=O)c1ccc(C(C)N)cc1. The number of carbonyl (C=O) groups excluding carboxylic acids is 1. The summed E-state index contributed by atoms with van der Waals surface area (Å²) in [5.74, 6) is -0.145. The highest BCUT2D eigenvalue weighted by molar-refractivity contribution is 6.09. The predicted octanol–water partition coefficient (Wildman–Crippen LogP) is 3.14. The Labute approximate surface area is 128 Å². The van der Waals surface area contributed by atoms with Crippen molar-refractivity contribution in [2.45, 2.75) is 19.9 Å². The van der Waals surface area contributed by atoms with Crippen molar-refractivity contribution < 1.29 is 4.79 Å². The van der Waals surface area contributed by atoms with Gasteiger partial charge in [0.05, 0.1) is 11.2 Å². The maximum atomic E-state index is 12.4. The molecule has 1 unspecified atom stereocenters. The predicted molar refractivity (Wildman–Crippen MR) is 87.8 cm³/mol. The molecule has 0 fully saturated rings. The van der Waals surface area contributed by atoms with Crippen molar-refractivity contribution in [1.82, 2.24) is 9.97 Å². The van der Waals surface area contributed by atoms with Gasteiger partial charge in [-0.1, -0.05) is 12.1 Å². The Morgan fingerprint density at radius 1 is 1.27 bits per heavy atom. The molecule has 3 aromatic rings. The summed E-state index contributed by atoms with van der Waals surface area (Å²) in [6, 6.07) is 7.30. The fourth-order valence-electron chi connectivity index (χ4n) is 2.40. The lowest BCUT2D eigenvalue weighted by molar-refractivity contribution is 0.102. The smallest absolute Gasteiger partial charge is 0.255 e. The van der Waals surface area contributed by atoms with Crippen LogP contribution in [0.3, 0.4) is 0 Å². The number of carbonyl (C=O) groups is 1. The third-order valence-corrected chi connectivity index (χ3v) is 3.72. The van der Waals surface area contributed by atoms with Crippen molar-refractivity contribution in [3.05, 3.63) is 59.5 Å². The molecule has 0 spiro atoms. The number of benzene rings is 1. The zero-order chi connectivity index (χ0) is 15.7. The summed E-state index contributed by atoms with van der Waals surface area (Å²) in [7, 11) is 0. The molecule has 0 aliphatic heterocycles. The van der Waals surface area contributed by atoms with E-state index in [1.807, 2.05) is 38.4 Å². The molecule has 5 heteroatoms. The van der Waals surface area contributed by atoms with Gasteiger partial charge < -0.3 is 16.0 Å². The molecule has 0 saturated heterocycles. The molecule has 0 aliphatic carbocycles. The van der Waals surface area contributed by atoms with Gasteiger partial charge in [-0.25, -0.2) is 0 Å². The number of nitrogens with zero attached hydrogens (tertiary/aromatic N) is 1. The molecule has 0 radical (unpaired) electrons. The number of aromatic nitrogens is 2. The van der Waals surface area contributed by atoms with E-state index < -0.39 is 0 Å². The minimum atomic E-state index is -0.145. The Kier molecular flexibility index (Phi) is 3.65. The van der Waals surface area contributed by atoms with Crippen molar-refractivity contribution >= 4 is 22.5 Å². The van der Waals surface area contributed by atoms with Crippen LogP contribution in [0.15, 0.2) is 42.9 Å². The topological polar surface area (TPSA) is 83.8 Å². The number of nitrogens with two attached hydrogens (primary N) is 1. The second-order valence-corrected chi connectivity index (χ2v) is 5.44. The van der Waals surface area contributed by atoms with E-state index in [0.717, 1.165) is 27.7 Å². The molecule has 0 saturated carbocycles. The number of anilines is 1. The Morgan fingerprint density at radius 2 is 2.00 bits per heavy atom. The second kappa shape index (κ2) is 5.61. The third-order valence-electron chi connectivity index (χ3n) is 3.72. The number of H-pyrrole nitrogens is 1. The highest BCUT2D eigenvalue weighted by Gasteiger charge is 2.12. The van der Waals surface area contributed by atoms with Crippen LogP contribution in [0.4, 0.5) is 5.69 Å². The molecule has 3 rings (SSSR count). The molecule has 0 bridgehead atoms. The van der Waals surface area contributed by atoms with E-state index in [1.54, 1.807) is 18.3 Å². The van der Waals surface area contributed by atoms with Gasteiger partial charge in [-0.3, -0.25) is 9.78 Å². The fourth-order valence-corrected chi connectivity index (χ4v) is 2.40. The van der Waals surface area contributed by atoms with Crippen molar-refractivity contribution in [3.63, 3.8) is 0 Å². The summed E-state index contributed by atoms with van der Waals surface area (Å²) < 4.78 is 0. The Balaban J connectivity index is 1.89. The molecular formula is C17H18N4O. The average molecular weight is 294 g/mol. The van der Waals surface area contributed by atoms with Crippen LogP contribution in [0, 0.1) is 6.92 Å². The molecule has 1 aromatic carbocycles. The first-order valence-electron chi connectivity index (χ1n) is 7.15. The summed E-state index contributed by atoms with van der Waals surface area (Å²) in [6.45, 7) is 3.84. The van der Waals surface area contributed by atoms with Gasteiger partial charge in [-0.2, -0.15) is 0 Å². The van der Waals surface area contributed by atoms with Crippen LogP contribution >= 0.6 is 0 Å². The van der Waals surface area contributed by atoms with Crippen molar-refractivity contribution in [1.29, 1.82) is 0 Å². The summed E-state index contributed by atoms with van der Waals surface area (Å²) in [5, 5.41) is 3.88. The fraction of sp³-hybridized carbons (Fsp3) is 0.176. The zero-order valence-electron chi connectivity index (χ0n) is 12.6. The molecule has 4 N–H and O–H groups in total. The number of hydrogen-bond acceptors (Lipinski definition) is 3. The average Bonchev–Trinajstić information content (AvgIpc) is 2.99. The molecule has 0 aliphatic rings. The highest BCUT2D eigenvalue weighted by Crippen LogP contribution is 2.25. The number of aryl methyl sites for hydroxylation is 1. The zero-order valence-corrected chi connectivity index (χ0v) is 12.6. The monoisotopic (exact) mass is 294 g/mol. The first kappa shape index (κ1) is 14.3. The van der Waals surface area contributed by atoms with Crippen LogP contribution < -0.4 is 11.1 Å². The Hall–Kier alpha value is -2.66. The van der Waals surface area contributed by atoms with Gasteiger partial charge >= 0.3 is 0 Å². The van der Waals surface area contributed by atoms with Crippen molar-refractivity contribution in [2.24, 2.45) is 5.73 Å². The van der Waals surface area contributed by atoms with Crippen LogP contribution in [0.5, 0.6) is 0 Å². The summed E-state index contributed by atoms with van der Waals surface area (Å²) in [5.41, 5.74) is 9.96. The lowest BCUT2D eigenvalue weighted by atomic mass is 10.1. The van der Waals surface area contributed by atoms with Gasteiger partial charge in [0, 0.05) is 35.6 Å². The molecule has 1 atom stereocenters. The first-order chi connectivity index (χ1) is 10.6. The second-order valence-electron chi connectivity index (χ2n) is 5.44. The van der Waals surface area contributed by atoms with Crippen molar-refractivity contribution in [2.75, 3.05) is 5.32 Å². The van der Waals surface area contributed by atoms with Gasteiger partial charge in [0.2, 0.25) is 0 Å². The molecule has 112 valence electrons. The number of aromatic amines is 1. The number of rotatable bonds is 3. The quantitative estimate of drug-likeness (QED) is 0.694. The number of nitrogens with one attached hydrogen (secondary N) is 2. The van der Waals surface area contributed by atoms with E-state index in [1.165, 1.54) is 0 Å². The van der Waals surface area contributed by atoms with E-state index in [0.29, 0.717) is 5.56 Å². The van der Waals surface area contributed by atoms with E-state index in [2.05, 4.69) is 15.3 Å². The third kappa shape index (κ3) is 2.58. The van der Waals surface area contributed by atoms with Crippen LogP contribution in [0.2, 0.25) is 0 Å². The van der Waals surface area contributed by atoms with Gasteiger partial charge in [-0.05, 0) is 37.1 Å². The van der Waals surface area contributed by atoms with Crippen LogP contribution in [0.25, 0.3) is 10.9 Å². The maximum absolute atomic E-state index is 12.4. The molecular weight excluding hydrogens is 276 g/mol. The van der Waals surface area contributed by atoms with Crippen LogP contribution in [0.1, 0.15) is 34.5 Å². The van der Waals surface area contributed by atoms with Crippen LogP contribution in [-0.4, -0.2) is 15.9 Å². The Bertz CT molecular complexity index is 818. The number of hydrogen-bond donors (Lipinski definition) is 3. The summed E-state index contributed by atoms with van der Waals surface area (Å²) in [4.78, 5) is 19.8. The molecule has 22 heavy (non-hydrogen) atoms. The molecule has 2 heterocycles. The minimum absolute atomic E-state index is 0.0426. The molecule has 2 aromatic heterocycles. The van der Waals surface area contributed by atoms with Gasteiger partial charge in [0.1, 0.15) is 0 Å². The van der Waals surface area contributed by atoms with E-state index in [4.69, 9.17) is 5.73 Å². The lowest BCUT2D eigenvalue weighted by Crippen LogP contribution is -2.13. The van der Waals surface area contributed by atoms with E-state index >= 15 is 0 Å². The maximum Gasteiger partial charge on any atom is 0.255 e. The van der Waals surface area contributed by atoms with Gasteiger partial charge in [0.25, 0.3) is 5.91 Å². The minimum Gasteiger partial charge on any atom is -0.365 e. The van der Waals surface area contributed by atoms with E-state index in [-0.39, 0.29) is 11.9 Å². The number of fused-ring (bicyclic) bond motifs is 1. The molecule has 1 amide bonds. The first-order valence-corrected chi connectivity index (χ1v) is 7.15. The van der Waals surface area contributed by atoms with Crippen molar-refractivity contribution in [3.8, 4) is 0 Å². The Morgan fingerprint density at radius 3 is 2.68 bits per heavy atom. The highest BCUT2D eigenvalue weighted by atomic mass is 16.1. The largest absolute Gasteiger partial charge is 0.365 e. The summed E-state index contributed by atoms with van der Waals surface area (Å²) in [6.07, 6.45) is 5.40. The number of amides is 1. The lowest BCUT2D eigenvalue weighted by Gasteiger charge is -2.10. The standard InChI is InChI=1S/C17H18N4O/c1-10-7-20-15-9-19-8-14(15)16(10)21-17(22)13-5-3-12(4-6-13)11(2)18/h3-9,11,19H,18H2,1-2H3,(H,21,22). The number of pyridine rings is 1. The summed E-state index contributed by atoms with van der Waals surface area (Å²) >= 11 is 0.